The van der Waals surface area contributed by atoms with Crippen molar-refractivity contribution in [2.75, 3.05) is 44.4 Å². The number of rotatable bonds is 5. The van der Waals surface area contributed by atoms with Crippen LogP contribution in [0.2, 0.25) is 0 Å². The molecule has 0 atom stereocenters. The number of carbonyl (C=O) groups excluding carboxylic acids is 1. The number of hydrogen-bond acceptors (Lipinski definition) is 4. The quantitative estimate of drug-likeness (QED) is 0.854. The molecule has 1 N–H and O–H groups in total. The van der Waals surface area contributed by atoms with Crippen LogP contribution in [0.4, 0.5) is 16.2 Å². The van der Waals surface area contributed by atoms with Gasteiger partial charge in [0.1, 0.15) is 5.60 Å². The van der Waals surface area contributed by atoms with Gasteiger partial charge in [-0.25, -0.2) is 4.79 Å². The third-order valence-electron chi connectivity index (χ3n) is 2.89. The van der Waals surface area contributed by atoms with Gasteiger partial charge in [-0.15, -0.1) is 0 Å². The van der Waals surface area contributed by atoms with E-state index >= 15 is 0 Å². The minimum Gasteiger partial charge on any atom is -0.444 e. The maximum Gasteiger partial charge on any atom is 0.412 e. The van der Waals surface area contributed by atoms with E-state index in [1.54, 1.807) is 0 Å². The lowest BCUT2D eigenvalue weighted by molar-refractivity contribution is 0.0636. The number of anilines is 2. The van der Waals surface area contributed by atoms with E-state index in [4.69, 9.17) is 4.74 Å². The van der Waals surface area contributed by atoms with Gasteiger partial charge in [-0.2, -0.15) is 0 Å². The standard InChI is InChI=1S/C16H26BrN3O2/c1-16(2,3)22-15(21)18-13-11-12(17)7-8-14(13)20(6)10-9-19(4)5/h7-8,11H,9-10H2,1-6H3,(H,18,21). The number of likely N-dealkylation sites (N-methyl/N-ethyl adjacent to an activating group) is 2. The molecule has 0 bridgehead atoms. The molecular weight excluding hydrogens is 346 g/mol. The summed E-state index contributed by atoms with van der Waals surface area (Å²) >= 11 is 3.44. The first-order valence-electron chi connectivity index (χ1n) is 7.24. The van der Waals surface area contributed by atoms with Crippen molar-refractivity contribution in [1.82, 2.24) is 4.90 Å². The van der Waals surface area contributed by atoms with E-state index in [1.807, 2.05) is 60.1 Å². The maximum absolute atomic E-state index is 12.0. The van der Waals surface area contributed by atoms with Gasteiger partial charge in [-0.05, 0) is 53.1 Å². The molecule has 0 spiro atoms. The predicted octanol–water partition coefficient (Wildman–Crippen LogP) is 3.79. The molecule has 0 saturated carbocycles. The third kappa shape index (κ3) is 6.66. The second kappa shape index (κ2) is 7.83. The van der Waals surface area contributed by atoms with E-state index in [-0.39, 0.29) is 0 Å². The molecule has 1 aromatic rings. The number of carbonyl (C=O) groups is 1. The average Bonchev–Trinajstić information content (AvgIpc) is 2.33. The lowest BCUT2D eigenvalue weighted by atomic mass is 10.2. The summed E-state index contributed by atoms with van der Waals surface area (Å²) < 4.78 is 6.23. The van der Waals surface area contributed by atoms with Crippen LogP contribution in [0.3, 0.4) is 0 Å². The molecule has 0 aromatic heterocycles. The van der Waals surface area contributed by atoms with Crippen molar-refractivity contribution in [1.29, 1.82) is 0 Å². The van der Waals surface area contributed by atoms with Gasteiger partial charge < -0.3 is 14.5 Å². The first kappa shape index (κ1) is 18.8. The number of benzene rings is 1. The Hall–Kier alpha value is -1.27. The van der Waals surface area contributed by atoms with Crippen LogP contribution in [0.15, 0.2) is 22.7 Å². The van der Waals surface area contributed by atoms with Gasteiger partial charge >= 0.3 is 6.09 Å². The molecule has 0 radical (unpaired) electrons. The van der Waals surface area contributed by atoms with Crippen LogP contribution in [-0.4, -0.2) is 50.8 Å². The number of halogens is 1. The second-order valence-electron chi connectivity index (χ2n) is 6.51. The van der Waals surface area contributed by atoms with Gasteiger partial charge in [0.15, 0.2) is 0 Å². The predicted molar refractivity (Wildman–Crippen MR) is 95.8 cm³/mol. The van der Waals surface area contributed by atoms with Crippen LogP contribution in [0.1, 0.15) is 20.8 Å². The van der Waals surface area contributed by atoms with Crippen molar-refractivity contribution in [3.63, 3.8) is 0 Å². The highest BCUT2D eigenvalue weighted by Gasteiger charge is 2.18. The van der Waals surface area contributed by atoms with E-state index in [0.29, 0.717) is 0 Å². The zero-order chi connectivity index (χ0) is 16.9. The summed E-state index contributed by atoms with van der Waals surface area (Å²) in [6.07, 6.45) is -0.451. The molecule has 5 nitrogen and oxygen atoms in total. The Morgan fingerprint density at radius 3 is 2.41 bits per heavy atom. The lowest BCUT2D eigenvalue weighted by Crippen LogP contribution is -2.30. The molecule has 0 aliphatic rings. The number of ether oxygens (including phenoxy) is 1. The van der Waals surface area contributed by atoms with Crippen LogP contribution in [0.25, 0.3) is 0 Å². The van der Waals surface area contributed by atoms with E-state index < -0.39 is 11.7 Å². The molecule has 1 rings (SSSR count). The van der Waals surface area contributed by atoms with Crippen molar-refractivity contribution < 1.29 is 9.53 Å². The Balaban J connectivity index is 2.88. The summed E-state index contributed by atoms with van der Waals surface area (Å²) in [6.45, 7) is 7.32. The lowest BCUT2D eigenvalue weighted by Gasteiger charge is -2.25. The van der Waals surface area contributed by atoms with E-state index in [0.717, 1.165) is 28.9 Å². The molecule has 22 heavy (non-hydrogen) atoms. The van der Waals surface area contributed by atoms with Crippen molar-refractivity contribution in [2.24, 2.45) is 0 Å². The third-order valence-corrected chi connectivity index (χ3v) is 3.38. The summed E-state index contributed by atoms with van der Waals surface area (Å²) in [5, 5.41) is 2.83. The molecule has 0 aliphatic heterocycles. The Kier molecular flexibility index (Phi) is 6.68. The maximum atomic E-state index is 12.0. The molecule has 0 saturated heterocycles. The number of amides is 1. The van der Waals surface area contributed by atoms with Gasteiger partial charge in [-0.1, -0.05) is 15.9 Å². The van der Waals surface area contributed by atoms with Gasteiger partial charge in [0, 0.05) is 24.6 Å². The van der Waals surface area contributed by atoms with Gasteiger partial charge in [0.25, 0.3) is 0 Å². The number of nitrogens with one attached hydrogen (secondary N) is 1. The molecule has 0 unspecified atom stereocenters. The van der Waals surface area contributed by atoms with Crippen LogP contribution >= 0.6 is 15.9 Å². The highest BCUT2D eigenvalue weighted by Crippen LogP contribution is 2.29. The van der Waals surface area contributed by atoms with Crippen molar-refractivity contribution >= 4 is 33.4 Å². The number of hydrogen-bond donors (Lipinski definition) is 1. The van der Waals surface area contributed by atoms with E-state index in [2.05, 4.69) is 31.0 Å². The van der Waals surface area contributed by atoms with Crippen LogP contribution in [0.5, 0.6) is 0 Å². The van der Waals surface area contributed by atoms with E-state index in [9.17, 15) is 4.79 Å². The molecule has 1 aromatic carbocycles. The first-order valence-corrected chi connectivity index (χ1v) is 8.03. The normalized spacial score (nSPS) is 11.5. The van der Waals surface area contributed by atoms with E-state index in [1.165, 1.54) is 0 Å². The van der Waals surface area contributed by atoms with Crippen molar-refractivity contribution in [3.8, 4) is 0 Å². The Bertz CT molecular complexity index is 513. The van der Waals surface area contributed by atoms with Crippen molar-refractivity contribution in [2.45, 2.75) is 26.4 Å². The zero-order valence-corrected chi connectivity index (χ0v) is 15.8. The SMILES string of the molecule is CN(C)CCN(C)c1ccc(Br)cc1NC(=O)OC(C)(C)C. The smallest absolute Gasteiger partial charge is 0.412 e. The summed E-state index contributed by atoms with van der Waals surface area (Å²) in [6, 6.07) is 5.82. The fourth-order valence-electron chi connectivity index (χ4n) is 1.83. The zero-order valence-electron chi connectivity index (χ0n) is 14.2. The van der Waals surface area contributed by atoms with Crippen LogP contribution in [0, 0.1) is 0 Å². The molecule has 0 fully saturated rings. The molecule has 124 valence electrons. The van der Waals surface area contributed by atoms with Gasteiger partial charge in [-0.3, -0.25) is 5.32 Å². The summed E-state index contributed by atoms with van der Waals surface area (Å²) in [4.78, 5) is 16.2. The highest BCUT2D eigenvalue weighted by molar-refractivity contribution is 9.10. The Morgan fingerprint density at radius 2 is 1.86 bits per heavy atom. The minimum absolute atomic E-state index is 0.451. The van der Waals surface area contributed by atoms with Crippen molar-refractivity contribution in [3.05, 3.63) is 22.7 Å². The summed E-state index contributed by atoms with van der Waals surface area (Å²) in [5.41, 5.74) is 1.16. The molecule has 1 amide bonds. The Labute approximate surface area is 141 Å². The Morgan fingerprint density at radius 1 is 1.23 bits per heavy atom. The molecule has 0 aliphatic carbocycles. The topological polar surface area (TPSA) is 44.8 Å². The van der Waals surface area contributed by atoms with Gasteiger partial charge in [0.2, 0.25) is 0 Å². The largest absolute Gasteiger partial charge is 0.444 e. The molecule has 0 heterocycles. The van der Waals surface area contributed by atoms with Crippen LogP contribution < -0.4 is 10.2 Å². The average molecular weight is 372 g/mol. The fraction of sp³-hybridized carbons (Fsp3) is 0.562. The van der Waals surface area contributed by atoms with Gasteiger partial charge in [0.05, 0.1) is 11.4 Å². The minimum atomic E-state index is -0.521. The fourth-order valence-corrected chi connectivity index (χ4v) is 2.19. The summed E-state index contributed by atoms with van der Waals surface area (Å²) in [5.74, 6) is 0. The van der Waals surface area contributed by atoms with Crippen LogP contribution in [-0.2, 0) is 4.74 Å². The molecule has 6 heteroatoms. The monoisotopic (exact) mass is 371 g/mol. The first-order chi connectivity index (χ1) is 10.1. The molecular formula is C16H26BrN3O2. The second-order valence-corrected chi connectivity index (χ2v) is 7.43. The highest BCUT2D eigenvalue weighted by atomic mass is 79.9. The summed E-state index contributed by atoms with van der Waals surface area (Å²) in [7, 11) is 6.08. The number of nitrogens with zero attached hydrogens (tertiary/aromatic N) is 2.